The van der Waals surface area contributed by atoms with E-state index in [9.17, 15) is 5.11 Å². The molecule has 1 rings (SSSR count). The minimum absolute atomic E-state index is 0.222. The van der Waals surface area contributed by atoms with Gasteiger partial charge in [-0.05, 0) is 20.3 Å². The van der Waals surface area contributed by atoms with Gasteiger partial charge in [-0.1, -0.05) is 18.8 Å². The van der Waals surface area contributed by atoms with Gasteiger partial charge in [-0.2, -0.15) is 0 Å². The van der Waals surface area contributed by atoms with Crippen LogP contribution in [-0.2, 0) is 4.74 Å². The van der Waals surface area contributed by atoms with Gasteiger partial charge in [0.1, 0.15) is 5.60 Å². The molecule has 0 radical (unpaired) electrons. The lowest BCUT2D eigenvalue weighted by Gasteiger charge is -2.07. The molecule has 1 fully saturated rings. The first-order valence-electron chi connectivity index (χ1n) is 3.88. The molecular weight excluding hydrogens is 140 g/mol. The molecule has 11 heavy (non-hydrogen) atoms. The molecule has 0 spiro atoms. The topological polar surface area (TPSA) is 32.8 Å². The highest BCUT2D eigenvalue weighted by molar-refractivity contribution is 5.24. The fourth-order valence-electron chi connectivity index (χ4n) is 0.719. The van der Waals surface area contributed by atoms with E-state index in [0.29, 0.717) is 6.61 Å². The predicted molar refractivity (Wildman–Crippen MR) is 43.0 cm³/mol. The maximum absolute atomic E-state index is 9.28. The van der Waals surface area contributed by atoms with E-state index >= 15 is 0 Å². The Morgan fingerprint density at radius 2 is 2.18 bits per heavy atom. The fraction of sp³-hybridized carbons (Fsp3) is 0.778. The molecular formula is C9H14O2. The second-order valence-electron chi connectivity index (χ2n) is 3.45. The summed E-state index contributed by atoms with van der Waals surface area (Å²) in [5.41, 5.74) is -1.12. The zero-order valence-electron chi connectivity index (χ0n) is 7.27. The first-order chi connectivity index (χ1) is 4.97. The average Bonchev–Trinajstić information content (AvgIpc) is 2.63. The number of hydrogen-bond acceptors (Lipinski definition) is 2. The van der Waals surface area contributed by atoms with Gasteiger partial charge in [0.25, 0.3) is 0 Å². The maximum Gasteiger partial charge on any atom is 0.151 e. The first kappa shape index (κ1) is 8.58. The highest BCUT2D eigenvalue weighted by Gasteiger charge is 2.41. The zero-order valence-corrected chi connectivity index (χ0v) is 7.27. The number of ether oxygens (including phenoxy) is 1. The van der Waals surface area contributed by atoms with Crippen molar-refractivity contribution >= 4 is 0 Å². The zero-order chi connectivity index (χ0) is 8.54. The van der Waals surface area contributed by atoms with E-state index in [-0.39, 0.29) is 5.60 Å². The molecule has 0 aliphatic carbocycles. The molecule has 1 N–H and O–H groups in total. The van der Waals surface area contributed by atoms with Gasteiger partial charge in [-0.15, -0.1) is 0 Å². The Hall–Kier alpha value is -0.520. The lowest BCUT2D eigenvalue weighted by Crippen LogP contribution is -2.16. The smallest absolute Gasteiger partial charge is 0.151 e. The molecule has 2 heteroatoms. The van der Waals surface area contributed by atoms with Crippen LogP contribution in [0.2, 0.25) is 0 Å². The number of rotatable bonds is 1. The minimum atomic E-state index is -0.895. The van der Waals surface area contributed by atoms with E-state index in [0.717, 1.165) is 6.42 Å². The van der Waals surface area contributed by atoms with Crippen LogP contribution in [0.25, 0.3) is 0 Å². The summed E-state index contributed by atoms with van der Waals surface area (Å²) in [6, 6.07) is 0. The summed E-state index contributed by atoms with van der Waals surface area (Å²) in [4.78, 5) is 0. The Morgan fingerprint density at radius 3 is 2.45 bits per heavy atom. The predicted octanol–water partition coefficient (Wildman–Crippen LogP) is 0.940. The summed E-state index contributed by atoms with van der Waals surface area (Å²) in [5.74, 6) is 5.69. The molecule has 1 atom stereocenters. The van der Waals surface area contributed by atoms with Crippen LogP contribution in [0, 0.1) is 11.8 Å². The summed E-state index contributed by atoms with van der Waals surface area (Å²) in [5, 5.41) is 9.28. The summed E-state index contributed by atoms with van der Waals surface area (Å²) in [7, 11) is 0. The molecule has 0 aromatic heterocycles. The SMILES string of the molecule is CCC1(C#CC(C)(C)O)CO1. The number of hydrogen-bond donors (Lipinski definition) is 1. The van der Waals surface area contributed by atoms with Crippen LogP contribution in [0.3, 0.4) is 0 Å². The summed E-state index contributed by atoms with van der Waals surface area (Å²) in [6.07, 6.45) is 0.899. The quantitative estimate of drug-likeness (QED) is 0.450. The highest BCUT2D eigenvalue weighted by atomic mass is 16.6. The van der Waals surface area contributed by atoms with Gasteiger partial charge in [-0.25, -0.2) is 0 Å². The Kier molecular flexibility index (Phi) is 1.96. The summed E-state index contributed by atoms with van der Waals surface area (Å²) < 4.78 is 5.16. The van der Waals surface area contributed by atoms with Crippen LogP contribution in [-0.4, -0.2) is 22.9 Å². The van der Waals surface area contributed by atoms with Gasteiger partial charge in [0.2, 0.25) is 0 Å². The van der Waals surface area contributed by atoms with Crippen molar-refractivity contribution in [2.45, 2.75) is 38.4 Å². The molecule has 0 aromatic rings. The van der Waals surface area contributed by atoms with Crippen LogP contribution in [0.4, 0.5) is 0 Å². The van der Waals surface area contributed by atoms with Crippen molar-refractivity contribution in [3.8, 4) is 11.8 Å². The van der Waals surface area contributed by atoms with Crippen molar-refractivity contribution in [3.63, 3.8) is 0 Å². The standard InChI is InChI=1S/C9H14O2/c1-4-9(7-11-9)6-5-8(2,3)10/h10H,4,7H2,1-3H3. The molecule has 1 aliphatic heterocycles. The van der Waals surface area contributed by atoms with Crippen molar-refractivity contribution < 1.29 is 9.84 Å². The molecule has 0 amide bonds. The third-order valence-corrected chi connectivity index (χ3v) is 1.66. The van der Waals surface area contributed by atoms with E-state index in [1.165, 1.54) is 0 Å². The molecule has 1 heterocycles. The fourth-order valence-corrected chi connectivity index (χ4v) is 0.719. The van der Waals surface area contributed by atoms with Crippen molar-refractivity contribution in [2.75, 3.05) is 6.61 Å². The second kappa shape index (κ2) is 2.51. The van der Waals surface area contributed by atoms with E-state index < -0.39 is 5.60 Å². The van der Waals surface area contributed by atoms with E-state index in [2.05, 4.69) is 11.8 Å². The van der Waals surface area contributed by atoms with E-state index in [4.69, 9.17) is 4.74 Å². The third-order valence-electron chi connectivity index (χ3n) is 1.66. The van der Waals surface area contributed by atoms with E-state index in [1.807, 2.05) is 6.92 Å². The van der Waals surface area contributed by atoms with Crippen molar-refractivity contribution in [1.82, 2.24) is 0 Å². The molecule has 1 unspecified atom stereocenters. The Labute approximate surface area is 67.6 Å². The van der Waals surface area contributed by atoms with Crippen molar-refractivity contribution in [3.05, 3.63) is 0 Å². The lowest BCUT2D eigenvalue weighted by atomic mass is 10.1. The number of epoxide rings is 1. The van der Waals surface area contributed by atoms with Crippen molar-refractivity contribution in [2.24, 2.45) is 0 Å². The average molecular weight is 154 g/mol. The van der Waals surface area contributed by atoms with Gasteiger partial charge in [0.05, 0.1) is 6.61 Å². The van der Waals surface area contributed by atoms with Gasteiger partial charge >= 0.3 is 0 Å². The Balaban J connectivity index is 2.57. The monoisotopic (exact) mass is 154 g/mol. The molecule has 1 saturated heterocycles. The molecule has 0 aromatic carbocycles. The molecule has 0 saturated carbocycles. The lowest BCUT2D eigenvalue weighted by molar-refractivity contribution is 0.143. The molecule has 2 nitrogen and oxygen atoms in total. The minimum Gasteiger partial charge on any atom is -0.378 e. The third kappa shape index (κ3) is 2.53. The highest BCUT2D eigenvalue weighted by Crippen LogP contribution is 2.29. The Bertz CT molecular complexity index is 198. The molecule has 1 aliphatic rings. The van der Waals surface area contributed by atoms with Crippen LogP contribution < -0.4 is 0 Å². The van der Waals surface area contributed by atoms with Gasteiger partial charge in [0.15, 0.2) is 5.60 Å². The van der Waals surface area contributed by atoms with Crippen molar-refractivity contribution in [1.29, 1.82) is 0 Å². The van der Waals surface area contributed by atoms with Gasteiger partial charge in [-0.3, -0.25) is 0 Å². The maximum atomic E-state index is 9.28. The van der Waals surface area contributed by atoms with Crippen LogP contribution in [0.15, 0.2) is 0 Å². The summed E-state index contributed by atoms with van der Waals surface area (Å²) in [6.45, 7) is 6.09. The molecule has 62 valence electrons. The van der Waals surface area contributed by atoms with Gasteiger partial charge in [0, 0.05) is 0 Å². The second-order valence-corrected chi connectivity index (χ2v) is 3.45. The van der Waals surface area contributed by atoms with Crippen LogP contribution >= 0.6 is 0 Å². The van der Waals surface area contributed by atoms with Gasteiger partial charge < -0.3 is 9.84 Å². The normalized spacial score (nSPS) is 29.1. The largest absolute Gasteiger partial charge is 0.378 e. The Morgan fingerprint density at radius 1 is 1.64 bits per heavy atom. The summed E-state index contributed by atoms with van der Waals surface area (Å²) >= 11 is 0. The molecule has 0 bridgehead atoms. The number of aliphatic hydroxyl groups is 1. The van der Waals surface area contributed by atoms with Crippen LogP contribution in [0.1, 0.15) is 27.2 Å². The van der Waals surface area contributed by atoms with Crippen LogP contribution in [0.5, 0.6) is 0 Å². The first-order valence-corrected chi connectivity index (χ1v) is 3.88. The van der Waals surface area contributed by atoms with E-state index in [1.54, 1.807) is 13.8 Å².